The smallest absolute Gasteiger partial charge is 0.343 e. The number of unbranched alkanes of at least 4 members (excludes halogenated alkanes) is 2. The summed E-state index contributed by atoms with van der Waals surface area (Å²) in [6, 6.07) is 19.5. The molecule has 4 aromatic rings. The highest BCUT2D eigenvalue weighted by Crippen LogP contribution is 2.62. The van der Waals surface area contributed by atoms with Gasteiger partial charge in [-0.15, -0.1) is 0 Å². The molecule has 2 heterocycles. The Labute approximate surface area is 491 Å². The maximum atomic E-state index is 14.0. The van der Waals surface area contributed by atoms with Crippen LogP contribution >= 0.6 is 47.0 Å². The van der Waals surface area contributed by atoms with Gasteiger partial charge in [0.1, 0.15) is 34.5 Å². The lowest BCUT2D eigenvalue weighted by Crippen LogP contribution is -2.20. The maximum Gasteiger partial charge on any atom is 0.343 e. The first-order valence-electron chi connectivity index (χ1n) is 25.2. The second kappa shape index (κ2) is 28.9. The minimum atomic E-state index is -0.834. The van der Waals surface area contributed by atoms with E-state index in [0.29, 0.717) is 81.1 Å². The molecular weight excluding hydrogens is 1130 g/mol. The Morgan fingerprint density at radius 1 is 0.537 bits per heavy atom. The SMILES string of the molecule is [C-]#[N+]/C(C#N)=C1/Sc2c(OC(=O)c3ccc(OCCCCOC(=O)C=C)cc3)cc(C(C)(C)C)c(OC(=O)CCC(=O)Oc3c(C(C)(C)C)cc(OC(=O)c4ccc(OCCCCOC(=O)C=C)cc4)c4c3S/C(=C(\C#N)[N+]#[C-])S4)c2S1. The summed E-state index contributed by atoms with van der Waals surface area (Å²) < 4.78 is 46.3. The number of benzene rings is 4. The van der Waals surface area contributed by atoms with Crippen LogP contribution in [0.1, 0.15) is 112 Å². The molecule has 0 bridgehead atoms. The Kier molecular flexibility index (Phi) is 22.1. The van der Waals surface area contributed by atoms with Crippen molar-refractivity contribution >= 4 is 82.9 Å². The van der Waals surface area contributed by atoms with E-state index in [1.54, 1.807) is 36.4 Å². The first kappa shape index (κ1) is 62.8. The summed E-state index contributed by atoms with van der Waals surface area (Å²) in [4.78, 5) is 85.9. The lowest BCUT2D eigenvalue weighted by Gasteiger charge is -2.25. The summed E-state index contributed by atoms with van der Waals surface area (Å²) in [5, 5.41) is 19.7. The van der Waals surface area contributed by atoms with Gasteiger partial charge in [-0.05, 0) is 97.2 Å². The molecule has 0 aliphatic carbocycles. The van der Waals surface area contributed by atoms with Gasteiger partial charge in [0.2, 0.25) is 0 Å². The molecule has 0 unspecified atom stereocenters. The average Bonchev–Trinajstić information content (AvgIpc) is 4.29. The summed E-state index contributed by atoms with van der Waals surface area (Å²) in [6.07, 6.45) is 3.60. The van der Waals surface area contributed by atoms with Crippen LogP contribution in [0.5, 0.6) is 34.5 Å². The largest absolute Gasteiger partial charge is 0.494 e. The Morgan fingerprint density at radius 3 is 1.20 bits per heavy atom. The Bertz CT molecular complexity index is 3180. The van der Waals surface area contributed by atoms with Crippen molar-refractivity contribution in [2.24, 2.45) is 0 Å². The lowest BCUT2D eigenvalue weighted by molar-refractivity contribution is -0.140. The Balaban J connectivity index is 1.20. The van der Waals surface area contributed by atoms with Gasteiger partial charge in [-0.25, -0.2) is 39.4 Å². The van der Waals surface area contributed by atoms with Crippen molar-refractivity contribution in [2.45, 2.75) is 110 Å². The third-order valence-electron chi connectivity index (χ3n) is 11.5. The van der Waals surface area contributed by atoms with Crippen LogP contribution in [0.15, 0.2) is 125 Å². The van der Waals surface area contributed by atoms with Gasteiger partial charge < -0.3 is 37.9 Å². The molecule has 0 atom stereocenters. The van der Waals surface area contributed by atoms with Gasteiger partial charge >= 0.3 is 35.8 Å². The molecule has 4 aromatic carbocycles. The van der Waals surface area contributed by atoms with E-state index in [1.807, 2.05) is 53.7 Å². The number of fused-ring (bicyclic) bond motifs is 2. The molecule has 0 saturated carbocycles. The summed E-state index contributed by atoms with van der Waals surface area (Å²) in [7, 11) is 0. The molecule has 422 valence electrons. The molecular formula is C60H54N4O14S4. The maximum absolute atomic E-state index is 14.0. The predicted octanol–water partition coefficient (Wildman–Crippen LogP) is 13.4. The molecule has 22 heteroatoms. The molecule has 0 radical (unpaired) electrons. The molecule has 0 fully saturated rings. The van der Waals surface area contributed by atoms with E-state index in [9.17, 15) is 39.3 Å². The zero-order valence-electron chi connectivity index (χ0n) is 45.6. The van der Waals surface area contributed by atoms with E-state index in [4.69, 9.17) is 51.0 Å². The van der Waals surface area contributed by atoms with Crippen LogP contribution in [0.3, 0.4) is 0 Å². The number of carbonyl (C=O) groups excluding carboxylic acids is 6. The second-order valence-corrected chi connectivity index (χ2v) is 24.2. The average molecular weight is 1180 g/mol. The minimum Gasteiger partial charge on any atom is -0.494 e. The van der Waals surface area contributed by atoms with E-state index < -0.39 is 59.5 Å². The van der Waals surface area contributed by atoms with Gasteiger partial charge in [-0.2, -0.15) is 0 Å². The summed E-state index contributed by atoms with van der Waals surface area (Å²) in [6.45, 7) is 34.3. The zero-order valence-corrected chi connectivity index (χ0v) is 48.8. The number of hydrogen-bond acceptors (Lipinski definition) is 20. The molecule has 2 aliphatic heterocycles. The van der Waals surface area contributed by atoms with Crippen molar-refractivity contribution in [3.63, 3.8) is 0 Å². The van der Waals surface area contributed by atoms with Crippen LogP contribution in [0.25, 0.3) is 9.69 Å². The van der Waals surface area contributed by atoms with Crippen LogP contribution in [-0.4, -0.2) is 62.2 Å². The number of nitrogens with zero attached hydrogens (tertiary/aromatic N) is 4. The van der Waals surface area contributed by atoms with Crippen molar-refractivity contribution in [3.05, 3.63) is 151 Å². The number of hydrogen-bond donors (Lipinski definition) is 0. The quantitative estimate of drug-likeness (QED) is 0.0168. The van der Waals surface area contributed by atoms with Crippen LogP contribution < -0.4 is 28.4 Å². The number of nitriles is 2. The van der Waals surface area contributed by atoms with E-state index >= 15 is 0 Å². The molecule has 6 rings (SSSR count). The minimum absolute atomic E-state index is 0.0799. The Morgan fingerprint density at radius 2 is 0.878 bits per heavy atom. The highest BCUT2D eigenvalue weighted by atomic mass is 32.2. The molecule has 2 aliphatic rings. The first-order valence-corrected chi connectivity index (χ1v) is 28.5. The zero-order chi connectivity index (χ0) is 59.7. The van der Waals surface area contributed by atoms with Crippen molar-refractivity contribution in [1.82, 2.24) is 0 Å². The number of ether oxygens (including phenoxy) is 8. The molecule has 0 amide bonds. The van der Waals surface area contributed by atoms with E-state index in [2.05, 4.69) is 22.8 Å². The number of carbonyl (C=O) groups is 6. The van der Waals surface area contributed by atoms with Crippen molar-refractivity contribution in [2.75, 3.05) is 26.4 Å². The third-order valence-corrected chi connectivity index (χ3v) is 16.7. The van der Waals surface area contributed by atoms with E-state index in [0.717, 1.165) is 59.2 Å². The van der Waals surface area contributed by atoms with Gasteiger partial charge in [-0.3, -0.25) is 9.59 Å². The van der Waals surface area contributed by atoms with E-state index in [1.165, 1.54) is 24.3 Å². The van der Waals surface area contributed by atoms with Crippen molar-refractivity contribution in [1.29, 1.82) is 10.5 Å². The van der Waals surface area contributed by atoms with Gasteiger partial charge in [-0.1, -0.05) is 102 Å². The number of esters is 6. The number of rotatable bonds is 23. The number of thioether (sulfide) groups is 4. The monoisotopic (exact) mass is 1180 g/mol. The standard InChI is InChI=1S/C60H54N4O14S4/c1-11-45(65)73-29-15-13-27-71-37-21-17-35(18-22-37)55(69)75-43-31-39(59(3,4)5)49(53-51(43)79-57(81-53)41(33-61)63-9)77-47(67)25-26-48(68)78-50-40(60(6,7)8)32-44(52-54(50)82-58(80-52)42(34-62)64-10)76-56(70)36-19-23-38(24-20-36)72-28-14-16-30-74-46(66)12-2/h11-12,17-24,31-32H,1-2,13-16,25-30H2,3-8H3/b57-41-,58-42+. The highest BCUT2D eigenvalue weighted by Gasteiger charge is 2.38. The fourth-order valence-corrected chi connectivity index (χ4v) is 12.3. The normalized spacial score (nSPS) is 13.4. The first-order chi connectivity index (χ1) is 39.1. The van der Waals surface area contributed by atoms with Gasteiger partial charge in [0.05, 0.1) is 104 Å². The Hall–Kier alpha value is -8.38. The van der Waals surface area contributed by atoms with Crippen LogP contribution in [0.2, 0.25) is 0 Å². The van der Waals surface area contributed by atoms with Crippen molar-refractivity contribution < 1.29 is 66.7 Å². The lowest BCUT2D eigenvalue weighted by atomic mass is 9.86. The molecule has 0 spiro atoms. The van der Waals surface area contributed by atoms with Crippen LogP contribution in [-0.2, 0) is 39.5 Å². The van der Waals surface area contributed by atoms with Gasteiger partial charge in [0.15, 0.2) is 0 Å². The molecule has 0 N–H and O–H groups in total. The van der Waals surface area contributed by atoms with Crippen molar-refractivity contribution in [3.8, 4) is 46.6 Å². The molecule has 18 nitrogen and oxygen atoms in total. The summed E-state index contributed by atoms with van der Waals surface area (Å²) in [5.41, 5.74) is -0.735. The fourth-order valence-electron chi connectivity index (χ4n) is 7.36. The van der Waals surface area contributed by atoms with Gasteiger partial charge in [0, 0.05) is 23.3 Å². The predicted molar refractivity (Wildman–Crippen MR) is 307 cm³/mol. The van der Waals surface area contributed by atoms with Crippen LogP contribution in [0, 0.1) is 35.8 Å². The van der Waals surface area contributed by atoms with Crippen LogP contribution in [0.4, 0.5) is 0 Å². The van der Waals surface area contributed by atoms with E-state index in [-0.39, 0.29) is 67.2 Å². The van der Waals surface area contributed by atoms with Gasteiger partial charge in [0.25, 0.3) is 11.4 Å². The second-order valence-electron chi connectivity index (χ2n) is 19.6. The fraction of sp³-hybridized carbons (Fsp3) is 0.300. The summed E-state index contributed by atoms with van der Waals surface area (Å²) in [5.74, 6) is -2.80. The molecule has 82 heavy (non-hydrogen) atoms. The number of allylic oxidation sites excluding steroid dienone is 2. The summed E-state index contributed by atoms with van der Waals surface area (Å²) >= 11 is 4.03. The molecule has 0 aromatic heterocycles. The topological polar surface area (TPSA) is 233 Å². The third kappa shape index (κ3) is 16.6. The highest BCUT2D eigenvalue weighted by molar-refractivity contribution is 8.25. The molecule has 0 saturated heterocycles.